The summed E-state index contributed by atoms with van der Waals surface area (Å²) in [5, 5.41) is 15.4. The maximum absolute atomic E-state index is 6.67. The van der Waals surface area contributed by atoms with Gasteiger partial charge in [0.25, 0.3) is 0 Å². The van der Waals surface area contributed by atoms with E-state index in [1.54, 1.807) is 13.4 Å². The predicted octanol–water partition coefficient (Wildman–Crippen LogP) is 2.54. The van der Waals surface area contributed by atoms with Crippen molar-refractivity contribution in [1.29, 1.82) is 0 Å². The highest BCUT2D eigenvalue weighted by Gasteiger charge is 2.45. The van der Waals surface area contributed by atoms with Gasteiger partial charge in [-0.15, -0.1) is 29.9 Å². The van der Waals surface area contributed by atoms with Crippen molar-refractivity contribution in [1.82, 2.24) is 25.5 Å². The largest absolute Gasteiger partial charge is 0.358 e. The number of rotatable bonds is 5. The third kappa shape index (κ3) is 4.44. The molecule has 3 N–H and O–H groups in total. The Morgan fingerprint density at radius 1 is 1.10 bits per heavy atom. The average Bonchev–Trinajstić information content (AvgIpc) is 3.24. The Labute approximate surface area is 182 Å². The molecule has 0 spiro atoms. The third-order valence-electron chi connectivity index (χ3n) is 5.47. The van der Waals surface area contributed by atoms with Gasteiger partial charge in [0.2, 0.25) is 0 Å². The summed E-state index contributed by atoms with van der Waals surface area (Å²) in [4.78, 5) is 0. The lowest BCUT2D eigenvalue weighted by Crippen LogP contribution is -2.63. The van der Waals surface area contributed by atoms with Gasteiger partial charge < -0.3 is 10.5 Å². The molecular formula is C20H26Cl2N6O. The Kier molecular flexibility index (Phi) is 8.13. The quantitative estimate of drug-likeness (QED) is 0.638. The van der Waals surface area contributed by atoms with Gasteiger partial charge in [0.1, 0.15) is 6.33 Å². The first-order chi connectivity index (χ1) is 13.2. The van der Waals surface area contributed by atoms with Crippen molar-refractivity contribution in [2.75, 3.05) is 13.7 Å². The lowest BCUT2D eigenvalue weighted by atomic mass is 9.79. The van der Waals surface area contributed by atoms with E-state index in [4.69, 9.17) is 10.5 Å². The van der Waals surface area contributed by atoms with Crippen LogP contribution in [-0.2, 0) is 10.5 Å². The van der Waals surface area contributed by atoms with Crippen molar-refractivity contribution in [3.63, 3.8) is 0 Å². The molecule has 156 valence electrons. The molecule has 1 aromatic heterocycles. The van der Waals surface area contributed by atoms with Crippen LogP contribution in [0.2, 0.25) is 0 Å². The van der Waals surface area contributed by atoms with E-state index in [1.807, 2.05) is 53.2 Å². The third-order valence-corrected chi connectivity index (χ3v) is 5.47. The molecule has 29 heavy (non-hydrogen) atoms. The van der Waals surface area contributed by atoms with Gasteiger partial charge in [-0.3, -0.25) is 5.32 Å². The van der Waals surface area contributed by atoms with Crippen LogP contribution in [0.25, 0.3) is 0 Å². The van der Waals surface area contributed by atoms with Gasteiger partial charge in [-0.25, -0.2) is 4.68 Å². The first kappa shape index (κ1) is 23.3. The standard InChI is InChI=1S/C20H24N6O.2ClH/c1-27-20(17-10-6-3-7-11-17)18(21)12-16(13-22-20)19(26-14-23-24-25-26)15-8-4-2-5-9-15;;/h2-11,14,16,18-19,22H,12-13,21H2,1H3;2*1H/t16?,18-,19?,20-;;/m0../s1. The van der Waals surface area contributed by atoms with Gasteiger partial charge in [0.05, 0.1) is 12.1 Å². The van der Waals surface area contributed by atoms with Crippen LogP contribution >= 0.6 is 24.8 Å². The number of tetrazole rings is 1. The van der Waals surface area contributed by atoms with E-state index in [1.165, 1.54) is 0 Å². The van der Waals surface area contributed by atoms with Crippen molar-refractivity contribution < 1.29 is 4.74 Å². The fourth-order valence-corrected chi connectivity index (χ4v) is 4.16. The van der Waals surface area contributed by atoms with Crippen molar-refractivity contribution in [2.45, 2.75) is 24.2 Å². The molecule has 4 atom stereocenters. The van der Waals surface area contributed by atoms with Crippen LogP contribution in [0.1, 0.15) is 23.6 Å². The minimum atomic E-state index is -0.695. The number of hydrogen-bond acceptors (Lipinski definition) is 6. The van der Waals surface area contributed by atoms with E-state index in [9.17, 15) is 0 Å². The smallest absolute Gasteiger partial charge is 0.160 e. The van der Waals surface area contributed by atoms with Crippen LogP contribution in [0, 0.1) is 5.92 Å². The Hall–Kier alpha value is -2.03. The van der Waals surface area contributed by atoms with Gasteiger partial charge >= 0.3 is 0 Å². The number of nitrogens with zero attached hydrogens (tertiary/aromatic N) is 4. The zero-order valence-corrected chi connectivity index (χ0v) is 17.7. The van der Waals surface area contributed by atoms with Crippen molar-refractivity contribution in [3.8, 4) is 0 Å². The van der Waals surface area contributed by atoms with Crippen LogP contribution in [0.3, 0.4) is 0 Å². The maximum atomic E-state index is 6.67. The van der Waals surface area contributed by atoms with E-state index < -0.39 is 5.72 Å². The van der Waals surface area contributed by atoms with Gasteiger partial charge in [0.15, 0.2) is 5.72 Å². The minimum Gasteiger partial charge on any atom is -0.358 e. The van der Waals surface area contributed by atoms with Crippen molar-refractivity contribution in [3.05, 3.63) is 78.1 Å². The number of nitrogens with two attached hydrogens (primary N) is 1. The summed E-state index contributed by atoms with van der Waals surface area (Å²) in [5.41, 5.74) is 8.17. The molecule has 0 aliphatic carbocycles. The van der Waals surface area contributed by atoms with E-state index >= 15 is 0 Å². The number of benzene rings is 2. The number of aromatic nitrogens is 4. The Bertz CT molecular complexity index is 852. The molecule has 2 unspecified atom stereocenters. The molecule has 1 saturated heterocycles. The number of methoxy groups -OCH3 is 1. The van der Waals surface area contributed by atoms with Crippen molar-refractivity contribution in [2.24, 2.45) is 11.7 Å². The molecule has 7 nitrogen and oxygen atoms in total. The molecule has 2 heterocycles. The first-order valence-electron chi connectivity index (χ1n) is 9.13. The van der Waals surface area contributed by atoms with E-state index in [-0.39, 0.29) is 42.8 Å². The highest BCUT2D eigenvalue weighted by Crippen LogP contribution is 2.38. The lowest BCUT2D eigenvalue weighted by molar-refractivity contribution is -0.0922. The number of piperidine rings is 1. The highest BCUT2D eigenvalue weighted by atomic mass is 35.5. The summed E-state index contributed by atoms with van der Waals surface area (Å²) in [6.45, 7) is 0.732. The van der Waals surface area contributed by atoms with Crippen LogP contribution in [0.4, 0.5) is 0 Å². The molecule has 1 aliphatic rings. The van der Waals surface area contributed by atoms with E-state index in [0.29, 0.717) is 0 Å². The molecule has 4 rings (SSSR count). The number of ether oxygens (including phenoxy) is 1. The second-order valence-corrected chi connectivity index (χ2v) is 6.93. The molecule has 0 radical (unpaired) electrons. The molecule has 1 aliphatic heterocycles. The predicted molar refractivity (Wildman–Crippen MR) is 116 cm³/mol. The normalized spacial score (nSPS) is 24.8. The Morgan fingerprint density at radius 3 is 2.31 bits per heavy atom. The zero-order chi connectivity index (χ0) is 18.7. The number of halogens is 2. The molecule has 3 aromatic rings. The minimum absolute atomic E-state index is 0. The fraction of sp³-hybridized carbons (Fsp3) is 0.350. The van der Waals surface area contributed by atoms with Gasteiger partial charge in [-0.2, -0.15) is 0 Å². The van der Waals surface area contributed by atoms with Crippen molar-refractivity contribution >= 4 is 24.8 Å². The molecule has 0 saturated carbocycles. The summed E-state index contributed by atoms with van der Waals surface area (Å²) in [6.07, 6.45) is 2.44. The average molecular weight is 437 g/mol. The summed E-state index contributed by atoms with van der Waals surface area (Å²) in [6, 6.07) is 20.2. The van der Waals surface area contributed by atoms with E-state index in [2.05, 4.69) is 33.0 Å². The molecule has 9 heteroatoms. The highest BCUT2D eigenvalue weighted by molar-refractivity contribution is 5.85. The fourth-order valence-electron chi connectivity index (χ4n) is 4.16. The lowest BCUT2D eigenvalue weighted by Gasteiger charge is -2.46. The summed E-state index contributed by atoms with van der Waals surface area (Å²) in [5.74, 6) is 0.220. The van der Waals surface area contributed by atoms with Gasteiger partial charge in [-0.1, -0.05) is 60.7 Å². The molecule has 0 bridgehead atoms. The first-order valence-corrected chi connectivity index (χ1v) is 9.13. The Balaban J connectivity index is 0.00000150. The van der Waals surface area contributed by atoms with Crippen LogP contribution in [0.15, 0.2) is 67.0 Å². The molecule has 0 amide bonds. The van der Waals surface area contributed by atoms with Crippen LogP contribution in [0.5, 0.6) is 0 Å². The molecule has 2 aromatic carbocycles. The summed E-state index contributed by atoms with van der Waals surface area (Å²) < 4.78 is 7.73. The van der Waals surface area contributed by atoms with Crippen LogP contribution in [-0.4, -0.2) is 39.9 Å². The molecule has 1 fully saturated rings. The number of hydrogen-bond donors (Lipinski definition) is 2. The maximum Gasteiger partial charge on any atom is 0.160 e. The summed E-state index contributed by atoms with van der Waals surface area (Å²) >= 11 is 0. The van der Waals surface area contributed by atoms with E-state index in [0.717, 1.165) is 24.1 Å². The SMILES string of the molecule is CO[C@]1(c2ccccc2)NCC(C(c2ccccc2)n2cnnn2)C[C@@H]1N.Cl.Cl. The monoisotopic (exact) mass is 436 g/mol. The van der Waals surface area contributed by atoms with Gasteiger partial charge in [-0.05, 0) is 28.3 Å². The molecular weight excluding hydrogens is 411 g/mol. The number of nitrogens with one attached hydrogen (secondary N) is 1. The van der Waals surface area contributed by atoms with Gasteiger partial charge in [0, 0.05) is 19.2 Å². The summed E-state index contributed by atoms with van der Waals surface area (Å²) in [7, 11) is 1.70. The second-order valence-electron chi connectivity index (χ2n) is 6.93. The zero-order valence-electron chi connectivity index (χ0n) is 16.1. The van der Waals surface area contributed by atoms with Crippen LogP contribution < -0.4 is 11.1 Å². The second kappa shape index (κ2) is 10.1. The Morgan fingerprint density at radius 2 is 1.76 bits per heavy atom. The topological polar surface area (TPSA) is 90.9 Å².